The van der Waals surface area contributed by atoms with Crippen molar-refractivity contribution in [1.82, 2.24) is 5.32 Å². The number of anilines is 2. The molecule has 1 atom stereocenters. The van der Waals surface area contributed by atoms with Gasteiger partial charge in [-0.15, -0.1) is 0 Å². The summed E-state index contributed by atoms with van der Waals surface area (Å²) in [6, 6.07) is 13.4. The fraction of sp³-hybridized carbons (Fsp3) is 0.158. The van der Waals surface area contributed by atoms with Crippen LogP contribution < -0.4 is 31.2 Å². The van der Waals surface area contributed by atoms with Crippen molar-refractivity contribution in [3.05, 3.63) is 48.5 Å². The zero-order valence-electron chi connectivity index (χ0n) is 15.2. The zero-order chi connectivity index (χ0) is 20.2. The van der Waals surface area contributed by atoms with E-state index in [1.54, 1.807) is 18.2 Å². The molecule has 0 saturated heterocycles. The van der Waals surface area contributed by atoms with E-state index in [1.165, 1.54) is 0 Å². The summed E-state index contributed by atoms with van der Waals surface area (Å²) in [5, 5.41) is 8.11. The van der Waals surface area contributed by atoms with Gasteiger partial charge < -0.3 is 25.8 Å². The third kappa shape index (κ3) is 4.43. The molecule has 0 aliphatic carbocycles. The van der Waals surface area contributed by atoms with Crippen molar-refractivity contribution in [3.63, 3.8) is 0 Å². The van der Waals surface area contributed by atoms with E-state index in [9.17, 15) is 9.59 Å². The Labute approximate surface area is 165 Å². The van der Waals surface area contributed by atoms with Crippen molar-refractivity contribution in [2.24, 2.45) is 15.7 Å². The summed E-state index contributed by atoms with van der Waals surface area (Å²) in [5.41, 5.74) is 7.12. The maximum atomic E-state index is 12.3. The molecule has 2 aromatic rings. The van der Waals surface area contributed by atoms with E-state index in [2.05, 4.69) is 25.9 Å². The van der Waals surface area contributed by atoms with Gasteiger partial charge in [-0.3, -0.25) is 14.9 Å². The number of hydrogen-bond acceptors (Lipinski definition) is 6. The molecule has 148 valence electrons. The lowest BCUT2D eigenvalue weighted by Gasteiger charge is -2.07. The van der Waals surface area contributed by atoms with Gasteiger partial charge >= 0.3 is 0 Å². The molecule has 10 nitrogen and oxygen atoms in total. The minimum Gasteiger partial charge on any atom is -0.454 e. The van der Waals surface area contributed by atoms with Gasteiger partial charge in [-0.25, -0.2) is 4.99 Å². The minimum atomic E-state index is -0.882. The van der Waals surface area contributed by atoms with E-state index in [-0.39, 0.29) is 31.0 Å². The first kappa shape index (κ1) is 18.3. The van der Waals surface area contributed by atoms with Gasteiger partial charge in [0.2, 0.25) is 24.6 Å². The molecule has 2 amide bonds. The number of amides is 2. The second-order valence-electron chi connectivity index (χ2n) is 6.27. The fourth-order valence-electron chi connectivity index (χ4n) is 2.80. The van der Waals surface area contributed by atoms with E-state index in [0.29, 0.717) is 17.2 Å². The maximum Gasteiger partial charge on any atom is 0.252 e. The van der Waals surface area contributed by atoms with Gasteiger partial charge in [0.1, 0.15) is 6.04 Å². The molecule has 2 heterocycles. The standard InChI is InChI=1S/C19H18N6O4/c20-18(22-11-4-2-1-3-5-11)25-19-23-13(17(27)24-19)9-16(26)21-12-6-7-14-15(8-12)29-10-28-14/h1-8,13H,9-10H2,(H,21,26)(H4,20,22,23,24,25,27)/t13-/m1/s1. The van der Waals surface area contributed by atoms with Crippen molar-refractivity contribution in [2.75, 3.05) is 17.4 Å². The number of aliphatic imine (C=N–C) groups is 2. The molecule has 5 N–H and O–H groups in total. The Bertz CT molecular complexity index is 1010. The van der Waals surface area contributed by atoms with Gasteiger partial charge in [-0.1, -0.05) is 18.2 Å². The summed E-state index contributed by atoms with van der Waals surface area (Å²) in [7, 11) is 0. The number of guanidine groups is 2. The number of para-hydroxylation sites is 1. The number of benzene rings is 2. The molecule has 29 heavy (non-hydrogen) atoms. The smallest absolute Gasteiger partial charge is 0.252 e. The van der Waals surface area contributed by atoms with E-state index in [1.807, 2.05) is 30.3 Å². The predicted octanol–water partition coefficient (Wildman–Crippen LogP) is 1.03. The molecular weight excluding hydrogens is 376 g/mol. The lowest BCUT2D eigenvalue weighted by atomic mass is 10.2. The number of nitrogens with one attached hydrogen (secondary N) is 3. The summed E-state index contributed by atoms with van der Waals surface area (Å²) in [4.78, 5) is 32.5. The van der Waals surface area contributed by atoms with Crippen molar-refractivity contribution in [2.45, 2.75) is 12.5 Å². The van der Waals surface area contributed by atoms with Crippen LogP contribution in [0.2, 0.25) is 0 Å². The Morgan fingerprint density at radius 3 is 2.76 bits per heavy atom. The first-order chi connectivity index (χ1) is 14.1. The molecule has 0 aromatic heterocycles. The Morgan fingerprint density at radius 1 is 1.14 bits per heavy atom. The monoisotopic (exact) mass is 394 g/mol. The van der Waals surface area contributed by atoms with E-state index in [0.717, 1.165) is 5.69 Å². The van der Waals surface area contributed by atoms with Gasteiger partial charge in [0.05, 0.1) is 6.42 Å². The summed E-state index contributed by atoms with van der Waals surface area (Å²) in [6.45, 7) is 0.148. The highest BCUT2D eigenvalue weighted by molar-refractivity contribution is 6.11. The Hall–Kier alpha value is -4.08. The highest BCUT2D eigenvalue weighted by atomic mass is 16.7. The van der Waals surface area contributed by atoms with Crippen molar-refractivity contribution in [1.29, 1.82) is 0 Å². The molecule has 4 rings (SSSR count). The quantitative estimate of drug-likeness (QED) is 0.451. The van der Waals surface area contributed by atoms with Crippen LogP contribution >= 0.6 is 0 Å². The molecular formula is C19H18N6O4. The Morgan fingerprint density at radius 2 is 1.93 bits per heavy atom. The van der Waals surface area contributed by atoms with Gasteiger partial charge in [0, 0.05) is 17.4 Å². The van der Waals surface area contributed by atoms with Gasteiger partial charge in [-0.2, -0.15) is 4.99 Å². The second kappa shape index (κ2) is 7.89. The van der Waals surface area contributed by atoms with Crippen LogP contribution in [0.5, 0.6) is 11.5 Å². The van der Waals surface area contributed by atoms with Crippen LogP contribution in [-0.2, 0) is 9.59 Å². The average Bonchev–Trinajstić information content (AvgIpc) is 3.28. The van der Waals surface area contributed by atoms with Crippen molar-refractivity contribution >= 4 is 35.1 Å². The summed E-state index contributed by atoms with van der Waals surface area (Å²) >= 11 is 0. The third-order valence-corrected chi connectivity index (χ3v) is 4.12. The first-order valence-electron chi connectivity index (χ1n) is 8.81. The van der Waals surface area contributed by atoms with Gasteiger partial charge in [0.15, 0.2) is 11.5 Å². The average molecular weight is 394 g/mol. The molecule has 0 fully saturated rings. The number of carbonyl (C=O) groups excluding carboxylic acids is 2. The van der Waals surface area contributed by atoms with Crippen molar-refractivity contribution < 1.29 is 19.1 Å². The van der Waals surface area contributed by atoms with Crippen LogP contribution in [-0.4, -0.2) is 36.6 Å². The van der Waals surface area contributed by atoms with Gasteiger partial charge in [0.25, 0.3) is 5.91 Å². The lowest BCUT2D eigenvalue weighted by molar-refractivity contribution is -0.123. The van der Waals surface area contributed by atoms with Crippen LogP contribution in [0.3, 0.4) is 0 Å². The molecule has 2 aromatic carbocycles. The molecule has 10 heteroatoms. The third-order valence-electron chi connectivity index (χ3n) is 4.12. The molecule has 0 radical (unpaired) electrons. The number of fused-ring (bicyclic) bond motifs is 1. The molecule has 0 spiro atoms. The number of nitrogens with two attached hydrogens (primary N) is 1. The Balaban J connectivity index is 1.36. The SMILES string of the molecule is NC(=NC1=N[C@H](CC(=O)Nc2ccc3c(c2)OCO3)C(=O)N1)Nc1ccccc1. The van der Waals surface area contributed by atoms with E-state index < -0.39 is 11.9 Å². The van der Waals surface area contributed by atoms with E-state index >= 15 is 0 Å². The topological polar surface area (TPSA) is 139 Å². The summed E-state index contributed by atoms with van der Waals surface area (Å²) < 4.78 is 10.5. The van der Waals surface area contributed by atoms with Crippen LogP contribution in [0.15, 0.2) is 58.5 Å². The molecule has 2 aliphatic rings. The van der Waals surface area contributed by atoms with Crippen LogP contribution in [0.25, 0.3) is 0 Å². The van der Waals surface area contributed by atoms with Crippen molar-refractivity contribution in [3.8, 4) is 11.5 Å². The first-order valence-corrected chi connectivity index (χ1v) is 8.81. The van der Waals surface area contributed by atoms with E-state index in [4.69, 9.17) is 15.2 Å². The largest absolute Gasteiger partial charge is 0.454 e. The zero-order valence-corrected chi connectivity index (χ0v) is 15.2. The molecule has 2 aliphatic heterocycles. The van der Waals surface area contributed by atoms with Crippen LogP contribution in [0.1, 0.15) is 6.42 Å². The summed E-state index contributed by atoms with van der Waals surface area (Å²) in [6.07, 6.45) is -0.134. The second-order valence-corrected chi connectivity index (χ2v) is 6.27. The number of rotatable bonds is 4. The number of ether oxygens (including phenoxy) is 2. The number of nitrogens with zero attached hydrogens (tertiary/aromatic N) is 2. The highest BCUT2D eigenvalue weighted by Crippen LogP contribution is 2.34. The Kier molecular flexibility index (Phi) is 4.97. The molecule has 0 unspecified atom stereocenters. The van der Waals surface area contributed by atoms with Crippen LogP contribution in [0, 0.1) is 0 Å². The molecule has 0 saturated carbocycles. The fourth-order valence-corrected chi connectivity index (χ4v) is 2.80. The van der Waals surface area contributed by atoms with Gasteiger partial charge in [-0.05, 0) is 24.3 Å². The number of carbonyl (C=O) groups is 2. The molecule has 0 bridgehead atoms. The normalized spacial score (nSPS) is 17.5. The maximum absolute atomic E-state index is 12.3. The highest BCUT2D eigenvalue weighted by Gasteiger charge is 2.29. The number of hydrogen-bond donors (Lipinski definition) is 4. The summed E-state index contributed by atoms with van der Waals surface area (Å²) in [5.74, 6) is 0.507. The predicted molar refractivity (Wildman–Crippen MR) is 107 cm³/mol. The van der Waals surface area contributed by atoms with Crippen LogP contribution in [0.4, 0.5) is 11.4 Å². The lowest BCUT2D eigenvalue weighted by Crippen LogP contribution is -2.32. The minimum absolute atomic E-state index is 0.0526.